The molecule has 182 valence electrons. The van der Waals surface area contributed by atoms with E-state index in [1.807, 2.05) is 42.5 Å². The normalized spacial score (nSPS) is 11.1. The highest BCUT2D eigenvalue weighted by molar-refractivity contribution is 5.88. The number of hydrogen-bond donors (Lipinski definition) is 3. The molecule has 8 heteroatoms. The van der Waals surface area contributed by atoms with Gasteiger partial charge in [0.2, 0.25) is 5.95 Å². The quantitative estimate of drug-likeness (QED) is 0.247. The molecule has 0 atom stereocenters. The van der Waals surface area contributed by atoms with Gasteiger partial charge in [0.05, 0.1) is 18.5 Å². The third-order valence-electron chi connectivity index (χ3n) is 5.99. The predicted molar refractivity (Wildman–Crippen MR) is 143 cm³/mol. The molecule has 0 aliphatic carbocycles. The Morgan fingerprint density at radius 2 is 1.56 bits per heavy atom. The van der Waals surface area contributed by atoms with Crippen LogP contribution in [0, 0.1) is 0 Å². The Kier molecular flexibility index (Phi) is 6.75. The topological polar surface area (TPSA) is 101 Å². The van der Waals surface area contributed by atoms with Gasteiger partial charge in [-0.05, 0) is 41.3 Å². The maximum absolute atomic E-state index is 5.25. The van der Waals surface area contributed by atoms with Crippen molar-refractivity contribution in [2.45, 2.75) is 32.9 Å². The Hall–Kier alpha value is -4.46. The van der Waals surface area contributed by atoms with Crippen LogP contribution in [0.4, 0.5) is 11.8 Å². The molecule has 2 aromatic carbocycles. The van der Waals surface area contributed by atoms with E-state index in [1.54, 1.807) is 13.3 Å². The molecule has 36 heavy (non-hydrogen) atoms. The molecule has 0 saturated carbocycles. The Morgan fingerprint density at radius 3 is 2.22 bits per heavy atom. The molecule has 3 N–H and O–H groups in total. The molecule has 3 heterocycles. The second kappa shape index (κ2) is 10.4. The van der Waals surface area contributed by atoms with Gasteiger partial charge < -0.3 is 15.4 Å². The van der Waals surface area contributed by atoms with Crippen molar-refractivity contribution in [3.8, 4) is 17.0 Å². The van der Waals surface area contributed by atoms with Gasteiger partial charge in [-0.15, -0.1) is 0 Å². The van der Waals surface area contributed by atoms with Crippen molar-refractivity contribution in [2.24, 2.45) is 0 Å². The molecule has 8 nitrogen and oxygen atoms in total. The Bertz CT molecular complexity index is 1430. The summed E-state index contributed by atoms with van der Waals surface area (Å²) < 4.78 is 5.25. The minimum Gasteiger partial charge on any atom is -0.497 e. The number of pyridine rings is 1. The van der Waals surface area contributed by atoms with Crippen LogP contribution in [0.25, 0.3) is 22.3 Å². The van der Waals surface area contributed by atoms with Gasteiger partial charge in [0.15, 0.2) is 11.3 Å². The van der Waals surface area contributed by atoms with E-state index in [1.165, 1.54) is 0 Å². The van der Waals surface area contributed by atoms with E-state index >= 15 is 0 Å². The van der Waals surface area contributed by atoms with Gasteiger partial charge in [-0.1, -0.05) is 56.3 Å². The van der Waals surface area contributed by atoms with Crippen molar-refractivity contribution in [3.05, 3.63) is 89.7 Å². The molecule has 0 saturated heterocycles. The number of methoxy groups -OCH3 is 1. The first kappa shape index (κ1) is 23.3. The van der Waals surface area contributed by atoms with Crippen LogP contribution in [0.1, 0.15) is 36.6 Å². The molecule has 5 aromatic rings. The Morgan fingerprint density at radius 1 is 0.833 bits per heavy atom. The number of nitrogens with one attached hydrogen (secondary N) is 3. The van der Waals surface area contributed by atoms with Crippen LogP contribution in [-0.4, -0.2) is 32.3 Å². The molecule has 0 bridgehead atoms. The number of H-pyrrole nitrogens is 1. The standard InChI is InChI=1S/C28H29N7O/c1-18(2)24-25-26(35-34-24)27(33-28(32-25)31-17-20-9-13-22(36-3)14-10-20)30-16-19-7-11-21(12-8-19)23-6-4-5-15-29-23/h4-15,18H,16-17H2,1-3H3,(H,34,35)(H2,30,31,32,33). The van der Waals surface area contributed by atoms with E-state index in [0.29, 0.717) is 24.9 Å². The van der Waals surface area contributed by atoms with E-state index in [-0.39, 0.29) is 5.92 Å². The lowest BCUT2D eigenvalue weighted by molar-refractivity contribution is 0.414. The maximum Gasteiger partial charge on any atom is 0.225 e. The number of aromatic amines is 1. The van der Waals surface area contributed by atoms with Crippen LogP contribution in [0.5, 0.6) is 5.75 Å². The molecule has 0 fully saturated rings. The van der Waals surface area contributed by atoms with E-state index in [2.05, 4.69) is 63.9 Å². The summed E-state index contributed by atoms with van der Waals surface area (Å²) in [5.74, 6) is 2.33. The summed E-state index contributed by atoms with van der Waals surface area (Å²) in [4.78, 5) is 14.0. The largest absolute Gasteiger partial charge is 0.497 e. The van der Waals surface area contributed by atoms with Crippen LogP contribution < -0.4 is 15.4 Å². The number of rotatable bonds is 9. The molecule has 0 aliphatic heterocycles. The van der Waals surface area contributed by atoms with Crippen molar-refractivity contribution < 1.29 is 4.74 Å². The van der Waals surface area contributed by atoms with Gasteiger partial charge >= 0.3 is 0 Å². The van der Waals surface area contributed by atoms with Crippen LogP contribution in [0.2, 0.25) is 0 Å². The zero-order valence-corrected chi connectivity index (χ0v) is 20.6. The Labute approximate surface area is 210 Å². The summed E-state index contributed by atoms with van der Waals surface area (Å²) in [5, 5.41) is 14.5. The van der Waals surface area contributed by atoms with Crippen molar-refractivity contribution in [2.75, 3.05) is 17.7 Å². The molecule has 0 amide bonds. The third kappa shape index (κ3) is 5.12. The average Bonchev–Trinajstić information content (AvgIpc) is 3.36. The smallest absolute Gasteiger partial charge is 0.225 e. The van der Waals surface area contributed by atoms with Gasteiger partial charge in [-0.25, -0.2) is 4.98 Å². The molecule has 0 spiro atoms. The first-order valence-corrected chi connectivity index (χ1v) is 12.0. The predicted octanol–water partition coefficient (Wildman–Crippen LogP) is 5.77. The lowest BCUT2D eigenvalue weighted by Gasteiger charge is -2.11. The zero-order valence-electron chi connectivity index (χ0n) is 20.6. The highest BCUT2D eigenvalue weighted by Gasteiger charge is 2.17. The first-order valence-electron chi connectivity index (χ1n) is 12.0. The van der Waals surface area contributed by atoms with E-state index in [9.17, 15) is 0 Å². The highest BCUT2D eigenvalue weighted by atomic mass is 16.5. The second-order valence-corrected chi connectivity index (χ2v) is 8.85. The number of fused-ring (bicyclic) bond motifs is 1. The highest BCUT2D eigenvalue weighted by Crippen LogP contribution is 2.27. The molecule has 0 aliphatic rings. The average molecular weight is 480 g/mol. The fourth-order valence-electron chi connectivity index (χ4n) is 3.96. The lowest BCUT2D eigenvalue weighted by atomic mass is 10.1. The van der Waals surface area contributed by atoms with Crippen molar-refractivity contribution in [1.82, 2.24) is 25.1 Å². The molecular weight excluding hydrogens is 450 g/mol. The SMILES string of the molecule is COc1ccc(CNc2nc(NCc3ccc(-c4ccccn4)cc3)c3n[nH]c(C(C)C)c3n2)cc1. The first-order chi connectivity index (χ1) is 17.6. The van der Waals surface area contributed by atoms with Gasteiger partial charge in [-0.3, -0.25) is 10.1 Å². The lowest BCUT2D eigenvalue weighted by Crippen LogP contribution is -2.08. The van der Waals surface area contributed by atoms with E-state index < -0.39 is 0 Å². The van der Waals surface area contributed by atoms with Crippen LogP contribution in [0.3, 0.4) is 0 Å². The van der Waals surface area contributed by atoms with Gasteiger partial charge in [-0.2, -0.15) is 10.1 Å². The van der Waals surface area contributed by atoms with Gasteiger partial charge in [0, 0.05) is 24.8 Å². The molecule has 0 unspecified atom stereocenters. The summed E-state index contributed by atoms with van der Waals surface area (Å²) in [6.45, 7) is 5.45. The number of nitrogens with zero attached hydrogens (tertiary/aromatic N) is 4. The fraction of sp³-hybridized carbons (Fsp3) is 0.214. The number of aromatic nitrogens is 5. The third-order valence-corrected chi connectivity index (χ3v) is 5.99. The molecule has 3 aromatic heterocycles. The van der Waals surface area contributed by atoms with Crippen LogP contribution in [-0.2, 0) is 13.1 Å². The minimum absolute atomic E-state index is 0.256. The van der Waals surface area contributed by atoms with Gasteiger partial charge in [0.25, 0.3) is 0 Å². The summed E-state index contributed by atoms with van der Waals surface area (Å²) in [5.41, 5.74) is 6.83. The number of hydrogen-bond acceptors (Lipinski definition) is 7. The van der Waals surface area contributed by atoms with Gasteiger partial charge in [0.1, 0.15) is 11.3 Å². The monoisotopic (exact) mass is 479 g/mol. The van der Waals surface area contributed by atoms with E-state index in [0.717, 1.165) is 44.9 Å². The second-order valence-electron chi connectivity index (χ2n) is 8.85. The van der Waals surface area contributed by atoms with Crippen molar-refractivity contribution in [3.63, 3.8) is 0 Å². The summed E-state index contributed by atoms with van der Waals surface area (Å²) in [7, 11) is 1.66. The number of benzene rings is 2. The van der Waals surface area contributed by atoms with Crippen LogP contribution in [0.15, 0.2) is 72.9 Å². The minimum atomic E-state index is 0.256. The number of anilines is 2. The van der Waals surface area contributed by atoms with Crippen LogP contribution >= 0.6 is 0 Å². The number of ether oxygens (including phenoxy) is 1. The van der Waals surface area contributed by atoms with E-state index in [4.69, 9.17) is 14.7 Å². The fourth-order valence-corrected chi connectivity index (χ4v) is 3.96. The summed E-state index contributed by atoms with van der Waals surface area (Å²) in [6, 6.07) is 22.2. The summed E-state index contributed by atoms with van der Waals surface area (Å²) >= 11 is 0. The zero-order chi connectivity index (χ0) is 24.9. The molecular formula is C28H29N7O. The molecule has 0 radical (unpaired) electrons. The maximum atomic E-state index is 5.25. The summed E-state index contributed by atoms with van der Waals surface area (Å²) in [6.07, 6.45) is 1.81. The van der Waals surface area contributed by atoms with Crippen molar-refractivity contribution in [1.29, 1.82) is 0 Å². The molecule has 5 rings (SSSR count). The Balaban J connectivity index is 1.36. The van der Waals surface area contributed by atoms with Crippen molar-refractivity contribution >= 4 is 22.8 Å².